The number of carbonyl (C=O) groups excluding carboxylic acids is 1. The van der Waals surface area contributed by atoms with E-state index >= 15 is 0 Å². The van der Waals surface area contributed by atoms with Crippen LogP contribution in [-0.2, 0) is 25.0 Å². The first-order chi connectivity index (χ1) is 9.99. The van der Waals surface area contributed by atoms with Gasteiger partial charge >= 0.3 is 10.1 Å². The largest absolute Gasteiger partial charge is 0.326 e. The third-order valence-corrected chi connectivity index (χ3v) is 3.30. The van der Waals surface area contributed by atoms with Crippen LogP contribution in [0.1, 0.15) is 6.92 Å². The van der Waals surface area contributed by atoms with E-state index in [-0.39, 0.29) is 16.9 Å². The van der Waals surface area contributed by atoms with Gasteiger partial charge in [-0.15, -0.1) is 0 Å². The van der Waals surface area contributed by atoms with Crippen LogP contribution in [-0.4, -0.2) is 37.4 Å². The standard InChI is InChI=1S/C9H12N4O7S2/c1-6(14)11-7-2-3-9(22(18,19)20)8(4-7)12-13-10-5-21(15,16)17/h2-5,12-13H,1H3,(H,11,14)(H,15,16,17)(H,18,19,20). The Hall–Kier alpha value is -2.22. The first-order valence-corrected chi connectivity index (χ1v) is 8.34. The van der Waals surface area contributed by atoms with Gasteiger partial charge in [0.15, 0.2) is 5.55 Å². The van der Waals surface area contributed by atoms with E-state index in [9.17, 15) is 21.6 Å². The third kappa shape index (κ3) is 6.04. The van der Waals surface area contributed by atoms with Gasteiger partial charge in [0.1, 0.15) is 4.90 Å². The van der Waals surface area contributed by atoms with Crippen molar-refractivity contribution in [2.24, 2.45) is 5.10 Å². The average molecular weight is 352 g/mol. The molecule has 0 saturated heterocycles. The molecule has 0 spiro atoms. The van der Waals surface area contributed by atoms with E-state index in [1.54, 1.807) is 0 Å². The zero-order chi connectivity index (χ0) is 17.0. The molecule has 0 fully saturated rings. The van der Waals surface area contributed by atoms with Gasteiger partial charge in [0.2, 0.25) is 5.91 Å². The molecule has 13 heteroatoms. The minimum Gasteiger partial charge on any atom is -0.326 e. The summed E-state index contributed by atoms with van der Waals surface area (Å²) in [4.78, 5) is 10.4. The van der Waals surface area contributed by atoms with Crippen molar-refractivity contribution in [1.29, 1.82) is 0 Å². The summed E-state index contributed by atoms with van der Waals surface area (Å²) >= 11 is 0. The molecule has 0 aliphatic rings. The second kappa shape index (κ2) is 6.69. The van der Waals surface area contributed by atoms with Crippen molar-refractivity contribution < 1.29 is 30.7 Å². The van der Waals surface area contributed by atoms with Crippen LogP contribution in [0.2, 0.25) is 0 Å². The fraction of sp³-hybridized carbons (Fsp3) is 0.111. The van der Waals surface area contributed by atoms with E-state index in [4.69, 9.17) is 9.11 Å². The maximum atomic E-state index is 11.2. The summed E-state index contributed by atoms with van der Waals surface area (Å²) in [5.41, 5.74) is 4.28. The van der Waals surface area contributed by atoms with Gasteiger partial charge in [-0.05, 0) is 18.2 Å². The highest BCUT2D eigenvalue weighted by molar-refractivity contribution is 7.99. The molecule has 11 nitrogen and oxygen atoms in total. The molecule has 0 bridgehead atoms. The summed E-state index contributed by atoms with van der Waals surface area (Å²) in [6.07, 6.45) is 0. The summed E-state index contributed by atoms with van der Waals surface area (Å²) < 4.78 is 60.7. The van der Waals surface area contributed by atoms with Crippen molar-refractivity contribution in [3.8, 4) is 0 Å². The van der Waals surface area contributed by atoms with Crippen molar-refractivity contribution in [1.82, 2.24) is 5.53 Å². The Balaban J connectivity index is 3.07. The fourth-order valence-corrected chi connectivity index (χ4v) is 2.13. The van der Waals surface area contributed by atoms with E-state index in [0.717, 1.165) is 12.1 Å². The Morgan fingerprint density at radius 3 is 2.36 bits per heavy atom. The van der Waals surface area contributed by atoms with Crippen LogP contribution < -0.4 is 16.3 Å². The number of amides is 1. The predicted molar refractivity (Wildman–Crippen MR) is 77.4 cm³/mol. The highest BCUT2D eigenvalue weighted by Gasteiger charge is 2.16. The lowest BCUT2D eigenvalue weighted by molar-refractivity contribution is -0.114. The summed E-state index contributed by atoms with van der Waals surface area (Å²) in [6.45, 7) is 1.23. The highest BCUT2D eigenvalue weighted by Crippen LogP contribution is 2.24. The molecular weight excluding hydrogens is 340 g/mol. The summed E-state index contributed by atoms with van der Waals surface area (Å²) in [5.74, 6) is -0.414. The average Bonchev–Trinajstić information content (AvgIpc) is 2.31. The molecule has 0 heterocycles. The first-order valence-electron chi connectivity index (χ1n) is 5.40. The quantitative estimate of drug-likeness (QED) is 0.198. The van der Waals surface area contributed by atoms with Crippen LogP contribution in [0.25, 0.3) is 0 Å². The number of hydrogen-bond donors (Lipinski definition) is 5. The van der Waals surface area contributed by atoms with Crippen LogP contribution in [0.3, 0.4) is 0 Å². The molecule has 1 amide bonds. The lowest BCUT2D eigenvalue weighted by Crippen LogP contribution is -2.19. The summed E-state index contributed by atoms with van der Waals surface area (Å²) in [5, 5.41) is 5.44. The molecule has 22 heavy (non-hydrogen) atoms. The highest BCUT2D eigenvalue weighted by atomic mass is 32.2. The lowest BCUT2D eigenvalue weighted by Gasteiger charge is -2.11. The molecule has 1 aromatic rings. The molecule has 0 aromatic heterocycles. The number of nitrogens with zero attached hydrogens (tertiary/aromatic N) is 1. The Labute approximate surface area is 125 Å². The number of carbonyl (C=O) groups is 1. The topological polar surface area (TPSA) is 174 Å². The number of hydrazone groups is 1. The summed E-state index contributed by atoms with van der Waals surface area (Å²) in [6, 6.07) is 3.40. The van der Waals surface area contributed by atoms with Crippen molar-refractivity contribution in [3.63, 3.8) is 0 Å². The van der Waals surface area contributed by atoms with Crippen LogP contribution in [0.4, 0.5) is 11.4 Å². The van der Waals surface area contributed by atoms with E-state index in [2.05, 4.69) is 15.8 Å². The van der Waals surface area contributed by atoms with Gasteiger partial charge in [-0.25, -0.2) is 5.53 Å². The number of hydrazine groups is 1. The monoisotopic (exact) mass is 352 g/mol. The van der Waals surface area contributed by atoms with E-state index in [1.165, 1.54) is 13.0 Å². The van der Waals surface area contributed by atoms with Crippen LogP contribution in [0.5, 0.6) is 0 Å². The lowest BCUT2D eigenvalue weighted by atomic mass is 10.3. The van der Waals surface area contributed by atoms with Crippen molar-refractivity contribution >= 4 is 43.1 Å². The van der Waals surface area contributed by atoms with E-state index < -0.39 is 31.0 Å². The summed E-state index contributed by atoms with van der Waals surface area (Å²) in [7, 11) is -9.04. The second-order valence-electron chi connectivity index (χ2n) is 3.85. The van der Waals surface area contributed by atoms with Gasteiger partial charge in [0.25, 0.3) is 10.1 Å². The Morgan fingerprint density at radius 2 is 1.86 bits per heavy atom. The van der Waals surface area contributed by atoms with Gasteiger partial charge < -0.3 is 5.32 Å². The fourth-order valence-electron chi connectivity index (χ4n) is 1.32. The Morgan fingerprint density at radius 1 is 1.23 bits per heavy atom. The predicted octanol–water partition coefficient (Wildman–Crippen LogP) is -0.361. The molecule has 0 aliphatic carbocycles. The van der Waals surface area contributed by atoms with Crippen LogP contribution in [0.15, 0.2) is 28.2 Å². The third-order valence-electron chi connectivity index (χ3n) is 2.02. The molecule has 0 radical (unpaired) electrons. The van der Waals surface area contributed by atoms with Gasteiger partial charge in [0.05, 0.1) is 5.69 Å². The smallest absolute Gasteiger partial charge is 0.306 e. The van der Waals surface area contributed by atoms with Crippen molar-refractivity contribution in [2.75, 3.05) is 10.7 Å². The molecule has 0 saturated carbocycles. The normalized spacial score (nSPS) is 12.1. The maximum Gasteiger partial charge on any atom is 0.306 e. The van der Waals surface area contributed by atoms with Gasteiger partial charge in [-0.3, -0.25) is 19.3 Å². The van der Waals surface area contributed by atoms with Crippen molar-refractivity contribution in [2.45, 2.75) is 11.8 Å². The Bertz CT molecular complexity index is 801. The number of hydrogen-bond acceptors (Lipinski definition) is 8. The van der Waals surface area contributed by atoms with Gasteiger partial charge in [-0.1, -0.05) is 0 Å². The molecule has 1 rings (SSSR count). The number of benzene rings is 1. The number of anilines is 2. The first kappa shape index (κ1) is 17.8. The molecule has 0 atom stereocenters. The molecule has 122 valence electrons. The molecule has 0 aliphatic heterocycles. The van der Waals surface area contributed by atoms with E-state index in [1.807, 2.05) is 5.53 Å². The second-order valence-corrected chi connectivity index (χ2v) is 6.48. The number of rotatable bonds is 6. The minimum absolute atomic E-state index is 0.158. The SMILES string of the molecule is CC(=O)Nc1ccc(S(=O)(=O)O)c(NNN=CS(=O)(=O)O)c1. The Kier molecular flexibility index (Phi) is 5.43. The minimum atomic E-state index is -4.58. The number of nitrogens with one attached hydrogen (secondary N) is 3. The van der Waals surface area contributed by atoms with Crippen LogP contribution in [0, 0.1) is 0 Å². The molecule has 5 N–H and O–H groups in total. The maximum absolute atomic E-state index is 11.2. The van der Waals surface area contributed by atoms with E-state index in [0.29, 0.717) is 0 Å². The molecule has 0 unspecified atom stereocenters. The zero-order valence-corrected chi connectivity index (χ0v) is 12.6. The van der Waals surface area contributed by atoms with Gasteiger partial charge in [-0.2, -0.15) is 21.9 Å². The zero-order valence-electron chi connectivity index (χ0n) is 11.0. The van der Waals surface area contributed by atoms with Crippen molar-refractivity contribution in [3.05, 3.63) is 18.2 Å². The molecular formula is C9H12N4O7S2. The van der Waals surface area contributed by atoms with Gasteiger partial charge in [0, 0.05) is 12.6 Å². The van der Waals surface area contributed by atoms with Crippen LogP contribution >= 0.6 is 0 Å². The molecule has 1 aromatic carbocycles.